The minimum Gasteiger partial charge on any atom is -0.462 e. The summed E-state index contributed by atoms with van der Waals surface area (Å²) in [6, 6.07) is 0. The number of hydrogen-bond donors (Lipinski definition) is 0. The molecule has 1 unspecified atom stereocenters. The van der Waals surface area contributed by atoms with Crippen molar-refractivity contribution in [3.8, 4) is 0 Å². The highest BCUT2D eigenvalue weighted by molar-refractivity contribution is 5.73. The van der Waals surface area contributed by atoms with Gasteiger partial charge >= 0.3 is 11.9 Å². The molecule has 0 spiro atoms. The van der Waals surface area contributed by atoms with Crippen LogP contribution >= 0.6 is 0 Å². The lowest BCUT2D eigenvalue weighted by atomic mass is 9.86. The Balaban J connectivity index is 1.55. The molecular weight excluding hydrogens is 428 g/mol. The molecule has 0 bridgehead atoms. The minimum atomic E-state index is -0.0588. The van der Waals surface area contributed by atoms with E-state index in [1.165, 1.54) is 44.9 Å². The summed E-state index contributed by atoms with van der Waals surface area (Å²) in [5.41, 5.74) is 0. The molecule has 2 aliphatic carbocycles. The van der Waals surface area contributed by atoms with Crippen LogP contribution in [0.5, 0.6) is 0 Å². The van der Waals surface area contributed by atoms with Crippen molar-refractivity contribution in [1.29, 1.82) is 0 Å². The molecule has 0 radical (unpaired) electrons. The van der Waals surface area contributed by atoms with Crippen LogP contribution in [0, 0.1) is 11.8 Å². The SMILES string of the molecule is CCCCCCCOC1CCC(C(=O)OC2CCC(C(=O)OC(C)CCCCCC)CC2)CC1. The molecule has 2 saturated carbocycles. The first kappa shape index (κ1) is 29.1. The molecule has 2 aliphatic rings. The fourth-order valence-corrected chi connectivity index (χ4v) is 5.31. The van der Waals surface area contributed by atoms with Crippen LogP contribution < -0.4 is 0 Å². The van der Waals surface area contributed by atoms with Gasteiger partial charge in [0.05, 0.1) is 24.0 Å². The van der Waals surface area contributed by atoms with Crippen molar-refractivity contribution in [2.45, 2.75) is 155 Å². The third-order valence-corrected chi connectivity index (χ3v) is 7.68. The van der Waals surface area contributed by atoms with E-state index in [4.69, 9.17) is 14.2 Å². The molecule has 0 saturated heterocycles. The van der Waals surface area contributed by atoms with Gasteiger partial charge in [-0.25, -0.2) is 0 Å². The van der Waals surface area contributed by atoms with Crippen molar-refractivity contribution in [2.24, 2.45) is 11.8 Å². The largest absolute Gasteiger partial charge is 0.462 e. The zero-order chi connectivity index (χ0) is 24.6. The van der Waals surface area contributed by atoms with Crippen molar-refractivity contribution in [2.75, 3.05) is 6.61 Å². The van der Waals surface area contributed by atoms with Crippen molar-refractivity contribution < 1.29 is 23.8 Å². The number of carbonyl (C=O) groups excluding carboxylic acids is 2. The minimum absolute atomic E-state index is 0.0000670. The smallest absolute Gasteiger partial charge is 0.309 e. The van der Waals surface area contributed by atoms with E-state index in [1.54, 1.807) is 0 Å². The average molecular weight is 481 g/mol. The van der Waals surface area contributed by atoms with Crippen molar-refractivity contribution >= 4 is 11.9 Å². The van der Waals surface area contributed by atoms with Gasteiger partial charge in [0.1, 0.15) is 6.10 Å². The van der Waals surface area contributed by atoms with Crippen LogP contribution in [0.4, 0.5) is 0 Å². The van der Waals surface area contributed by atoms with Gasteiger partial charge in [-0.3, -0.25) is 9.59 Å². The summed E-state index contributed by atoms with van der Waals surface area (Å²) < 4.78 is 17.6. The Morgan fingerprint density at radius 3 is 1.82 bits per heavy atom. The van der Waals surface area contributed by atoms with E-state index in [-0.39, 0.29) is 36.0 Å². The molecule has 0 aromatic heterocycles. The van der Waals surface area contributed by atoms with E-state index in [2.05, 4.69) is 13.8 Å². The monoisotopic (exact) mass is 480 g/mol. The first-order valence-corrected chi connectivity index (χ1v) is 14.6. The predicted octanol–water partition coefficient (Wildman–Crippen LogP) is 7.54. The summed E-state index contributed by atoms with van der Waals surface area (Å²) in [6.07, 6.45) is 19.1. The maximum absolute atomic E-state index is 12.7. The summed E-state index contributed by atoms with van der Waals surface area (Å²) >= 11 is 0. The number of ether oxygens (including phenoxy) is 3. The Hall–Kier alpha value is -1.10. The Morgan fingerprint density at radius 2 is 1.21 bits per heavy atom. The third-order valence-electron chi connectivity index (χ3n) is 7.68. The summed E-state index contributed by atoms with van der Waals surface area (Å²) in [7, 11) is 0. The molecule has 5 heteroatoms. The van der Waals surface area contributed by atoms with Gasteiger partial charge in [-0.05, 0) is 77.6 Å². The van der Waals surface area contributed by atoms with Crippen molar-refractivity contribution in [1.82, 2.24) is 0 Å². The fraction of sp³-hybridized carbons (Fsp3) is 0.931. The summed E-state index contributed by atoms with van der Waals surface area (Å²) in [5, 5.41) is 0. The molecule has 5 nitrogen and oxygen atoms in total. The van der Waals surface area contributed by atoms with Crippen LogP contribution in [-0.2, 0) is 23.8 Å². The second kappa shape index (κ2) is 17.3. The van der Waals surface area contributed by atoms with Gasteiger partial charge in [-0.15, -0.1) is 0 Å². The van der Waals surface area contributed by atoms with Crippen LogP contribution in [0.25, 0.3) is 0 Å². The van der Waals surface area contributed by atoms with Gasteiger partial charge in [-0.2, -0.15) is 0 Å². The number of esters is 2. The molecule has 198 valence electrons. The summed E-state index contributed by atoms with van der Waals surface area (Å²) in [4.78, 5) is 25.2. The van der Waals surface area contributed by atoms with Gasteiger partial charge < -0.3 is 14.2 Å². The van der Waals surface area contributed by atoms with Crippen LogP contribution in [0.2, 0.25) is 0 Å². The van der Waals surface area contributed by atoms with E-state index in [0.717, 1.165) is 77.2 Å². The number of unbranched alkanes of at least 4 members (excludes halogenated alkanes) is 7. The topological polar surface area (TPSA) is 61.8 Å². The highest BCUT2D eigenvalue weighted by Gasteiger charge is 2.33. The summed E-state index contributed by atoms with van der Waals surface area (Å²) in [6.45, 7) is 7.30. The van der Waals surface area contributed by atoms with E-state index in [9.17, 15) is 9.59 Å². The molecule has 1 atom stereocenters. The molecule has 0 N–H and O–H groups in total. The van der Waals surface area contributed by atoms with Gasteiger partial charge in [0.25, 0.3) is 0 Å². The molecule has 0 aromatic carbocycles. The standard InChI is InChI=1S/C29H52O5/c1-4-6-8-10-12-22-32-26-18-14-25(15-19-26)29(31)34-27-20-16-24(17-21-27)28(30)33-23(3)13-11-9-7-5-2/h23-27H,4-22H2,1-3H3. The lowest BCUT2D eigenvalue weighted by Crippen LogP contribution is -2.33. The van der Waals surface area contributed by atoms with E-state index in [0.29, 0.717) is 6.10 Å². The normalized spacial score (nSPS) is 26.1. The number of rotatable bonds is 16. The molecule has 0 aliphatic heterocycles. The first-order chi connectivity index (χ1) is 16.5. The lowest BCUT2D eigenvalue weighted by molar-refractivity contribution is -0.161. The average Bonchev–Trinajstić information content (AvgIpc) is 2.84. The zero-order valence-corrected chi connectivity index (χ0v) is 22.4. The van der Waals surface area contributed by atoms with E-state index < -0.39 is 0 Å². The van der Waals surface area contributed by atoms with Crippen molar-refractivity contribution in [3.05, 3.63) is 0 Å². The third kappa shape index (κ3) is 11.6. The van der Waals surface area contributed by atoms with Crippen LogP contribution in [0.1, 0.15) is 136 Å². The van der Waals surface area contributed by atoms with E-state index in [1.807, 2.05) is 6.92 Å². The molecule has 2 fully saturated rings. The summed E-state index contributed by atoms with van der Waals surface area (Å²) in [5.74, 6) is -0.121. The van der Waals surface area contributed by atoms with Crippen LogP contribution in [-0.4, -0.2) is 36.9 Å². The quantitative estimate of drug-likeness (QED) is 0.169. The Bertz CT molecular complexity index is 547. The Morgan fingerprint density at radius 1 is 0.676 bits per heavy atom. The zero-order valence-electron chi connectivity index (χ0n) is 22.4. The van der Waals surface area contributed by atoms with Crippen molar-refractivity contribution in [3.63, 3.8) is 0 Å². The number of hydrogen-bond acceptors (Lipinski definition) is 5. The van der Waals surface area contributed by atoms with Gasteiger partial charge in [0.2, 0.25) is 0 Å². The van der Waals surface area contributed by atoms with Crippen LogP contribution in [0.15, 0.2) is 0 Å². The molecule has 0 amide bonds. The van der Waals surface area contributed by atoms with Crippen LogP contribution in [0.3, 0.4) is 0 Å². The second-order valence-corrected chi connectivity index (χ2v) is 10.8. The molecule has 0 heterocycles. The Labute approximate surface area is 209 Å². The second-order valence-electron chi connectivity index (χ2n) is 10.8. The molecule has 2 rings (SSSR count). The maximum Gasteiger partial charge on any atom is 0.309 e. The maximum atomic E-state index is 12.7. The molecule has 0 aromatic rings. The fourth-order valence-electron chi connectivity index (χ4n) is 5.31. The predicted molar refractivity (Wildman–Crippen MR) is 137 cm³/mol. The highest BCUT2D eigenvalue weighted by Crippen LogP contribution is 2.31. The molecule has 34 heavy (non-hydrogen) atoms. The molecular formula is C29H52O5. The lowest BCUT2D eigenvalue weighted by Gasteiger charge is -2.31. The highest BCUT2D eigenvalue weighted by atomic mass is 16.5. The van der Waals surface area contributed by atoms with Gasteiger partial charge in [0, 0.05) is 6.61 Å². The van der Waals surface area contributed by atoms with E-state index >= 15 is 0 Å². The Kier molecular flexibility index (Phi) is 14.9. The number of carbonyl (C=O) groups is 2. The van der Waals surface area contributed by atoms with Gasteiger partial charge in [-0.1, -0.05) is 58.8 Å². The first-order valence-electron chi connectivity index (χ1n) is 14.6. The van der Waals surface area contributed by atoms with Gasteiger partial charge in [0.15, 0.2) is 0 Å².